The van der Waals surface area contributed by atoms with Crippen molar-refractivity contribution in [3.8, 4) is 0 Å². The molecule has 3 aromatic carbocycles. The highest BCUT2D eigenvalue weighted by Crippen LogP contribution is 2.57. The summed E-state index contributed by atoms with van der Waals surface area (Å²) in [5.74, 6) is -4.37. The van der Waals surface area contributed by atoms with E-state index in [-0.39, 0.29) is 11.1 Å². The van der Waals surface area contributed by atoms with Gasteiger partial charge in [0, 0.05) is 11.1 Å². The average molecular weight is 451 g/mol. The van der Waals surface area contributed by atoms with E-state index in [1.165, 1.54) is 0 Å². The number of hydrogen-bond acceptors (Lipinski definition) is 5. The summed E-state index contributed by atoms with van der Waals surface area (Å²) in [6.07, 6.45) is -0.903. The Morgan fingerprint density at radius 3 is 1.79 bits per heavy atom. The number of carbonyl (C=O) groups is 4. The molecule has 0 N–H and O–H groups in total. The Morgan fingerprint density at radius 2 is 1.24 bits per heavy atom. The Kier molecular flexibility index (Phi) is 4.29. The van der Waals surface area contributed by atoms with Crippen LogP contribution in [0.4, 0.5) is 5.69 Å². The third kappa shape index (κ3) is 2.54. The normalized spacial score (nSPS) is 24.8. The lowest BCUT2D eigenvalue weighted by Crippen LogP contribution is -2.51. The average Bonchev–Trinajstić information content (AvgIpc) is 3.40. The van der Waals surface area contributed by atoms with Crippen molar-refractivity contribution in [2.45, 2.75) is 25.6 Å². The smallest absolute Gasteiger partial charge is 0.241 e. The number of anilines is 1. The van der Waals surface area contributed by atoms with Crippen LogP contribution in [0.2, 0.25) is 0 Å². The Bertz CT molecular complexity index is 1350. The minimum Gasteiger partial charge on any atom is -0.349 e. The molecule has 1 aliphatic carbocycles. The molecule has 168 valence electrons. The first kappa shape index (κ1) is 20.7. The van der Waals surface area contributed by atoms with Crippen LogP contribution in [0, 0.1) is 25.7 Å². The van der Waals surface area contributed by atoms with Crippen molar-refractivity contribution < 1.29 is 23.9 Å². The van der Waals surface area contributed by atoms with Gasteiger partial charge in [-0.1, -0.05) is 71.8 Å². The number of ketones is 2. The van der Waals surface area contributed by atoms with Gasteiger partial charge in [-0.2, -0.15) is 0 Å². The molecule has 2 saturated heterocycles. The van der Waals surface area contributed by atoms with Crippen molar-refractivity contribution in [2.75, 3.05) is 4.90 Å². The minimum absolute atomic E-state index is 0.227. The zero-order valence-corrected chi connectivity index (χ0v) is 18.6. The van der Waals surface area contributed by atoms with Crippen LogP contribution >= 0.6 is 0 Å². The Morgan fingerprint density at radius 1 is 0.706 bits per heavy atom. The van der Waals surface area contributed by atoms with E-state index in [9.17, 15) is 19.2 Å². The molecule has 3 atom stereocenters. The van der Waals surface area contributed by atoms with Crippen molar-refractivity contribution in [3.05, 3.63) is 101 Å². The van der Waals surface area contributed by atoms with Crippen molar-refractivity contribution in [1.82, 2.24) is 0 Å². The summed E-state index contributed by atoms with van der Waals surface area (Å²) in [6, 6.07) is 20.9. The molecule has 3 aromatic rings. The number of ether oxygens (including phenoxy) is 1. The van der Waals surface area contributed by atoms with Gasteiger partial charge >= 0.3 is 0 Å². The molecule has 1 spiro atoms. The molecule has 2 aliphatic heterocycles. The van der Waals surface area contributed by atoms with Crippen LogP contribution in [0.1, 0.15) is 43.5 Å². The van der Waals surface area contributed by atoms with Crippen LogP contribution in [-0.2, 0) is 14.3 Å². The van der Waals surface area contributed by atoms with Crippen molar-refractivity contribution in [1.29, 1.82) is 0 Å². The van der Waals surface area contributed by atoms with E-state index in [1.807, 2.05) is 50.2 Å². The third-order valence-electron chi connectivity index (χ3n) is 7.22. The molecule has 0 radical (unpaired) electrons. The van der Waals surface area contributed by atoms with E-state index >= 15 is 0 Å². The fourth-order valence-corrected chi connectivity index (χ4v) is 5.52. The van der Waals surface area contributed by atoms with Crippen LogP contribution in [0.25, 0.3) is 0 Å². The van der Waals surface area contributed by atoms with Gasteiger partial charge in [-0.25, -0.2) is 4.90 Å². The number of fused-ring (bicyclic) bond motifs is 3. The van der Waals surface area contributed by atoms with Gasteiger partial charge in [0.05, 0.1) is 23.6 Å². The Labute approximate surface area is 196 Å². The number of benzene rings is 3. The lowest BCUT2D eigenvalue weighted by Gasteiger charge is -2.27. The molecule has 6 nitrogen and oxygen atoms in total. The van der Waals surface area contributed by atoms with Crippen molar-refractivity contribution in [3.63, 3.8) is 0 Å². The van der Waals surface area contributed by atoms with Gasteiger partial charge in [0.1, 0.15) is 0 Å². The minimum atomic E-state index is -2.05. The number of aryl methyl sites for hydroxylation is 2. The number of nitrogens with zero attached hydrogens (tertiary/aromatic N) is 1. The van der Waals surface area contributed by atoms with E-state index < -0.39 is 46.9 Å². The molecule has 0 aromatic heterocycles. The van der Waals surface area contributed by atoms with Crippen molar-refractivity contribution >= 4 is 29.1 Å². The number of Topliss-reactive ketones (excluding diaryl/α,β-unsaturated/α-hetero) is 2. The first-order valence-electron chi connectivity index (χ1n) is 11.2. The highest BCUT2D eigenvalue weighted by atomic mass is 16.5. The van der Waals surface area contributed by atoms with Gasteiger partial charge in [0.15, 0.2) is 0 Å². The largest absolute Gasteiger partial charge is 0.349 e. The molecule has 3 unspecified atom stereocenters. The summed E-state index contributed by atoms with van der Waals surface area (Å²) in [5.41, 5.74) is 1.48. The molecule has 6 heteroatoms. The molecule has 34 heavy (non-hydrogen) atoms. The monoisotopic (exact) mass is 451 g/mol. The highest BCUT2D eigenvalue weighted by Gasteiger charge is 2.74. The molecule has 3 aliphatic rings. The molecule has 0 bridgehead atoms. The van der Waals surface area contributed by atoms with E-state index in [4.69, 9.17) is 4.74 Å². The zero-order valence-electron chi connectivity index (χ0n) is 18.6. The topological polar surface area (TPSA) is 80.8 Å². The molecular weight excluding hydrogens is 430 g/mol. The summed E-state index contributed by atoms with van der Waals surface area (Å²) in [5, 5.41) is 0. The number of imide groups is 1. The number of hydrogen-bond donors (Lipinski definition) is 0. The van der Waals surface area contributed by atoms with E-state index in [2.05, 4.69) is 0 Å². The molecular formula is C28H21NO5. The molecule has 2 amide bonds. The maximum absolute atomic E-state index is 13.8. The Balaban J connectivity index is 1.54. The summed E-state index contributed by atoms with van der Waals surface area (Å²) in [6.45, 7) is 3.85. The predicted octanol–water partition coefficient (Wildman–Crippen LogP) is 4.00. The van der Waals surface area contributed by atoms with Crippen LogP contribution in [-0.4, -0.2) is 29.0 Å². The second kappa shape index (κ2) is 7.05. The van der Waals surface area contributed by atoms with Gasteiger partial charge in [-0.15, -0.1) is 0 Å². The van der Waals surface area contributed by atoms with Gasteiger partial charge in [0.2, 0.25) is 29.0 Å². The van der Waals surface area contributed by atoms with Gasteiger partial charge in [-0.3, -0.25) is 19.2 Å². The van der Waals surface area contributed by atoms with Crippen LogP contribution in [0.15, 0.2) is 72.8 Å². The zero-order chi connectivity index (χ0) is 23.8. The summed E-state index contributed by atoms with van der Waals surface area (Å²) in [7, 11) is 0. The quantitative estimate of drug-likeness (QED) is 0.435. The fourth-order valence-electron chi connectivity index (χ4n) is 5.52. The second-order valence-corrected chi connectivity index (χ2v) is 9.24. The highest BCUT2D eigenvalue weighted by molar-refractivity contribution is 6.37. The first-order valence-corrected chi connectivity index (χ1v) is 11.2. The number of amides is 2. The van der Waals surface area contributed by atoms with Gasteiger partial charge in [-0.05, 0) is 31.5 Å². The van der Waals surface area contributed by atoms with Crippen LogP contribution in [0.5, 0.6) is 0 Å². The molecule has 2 fully saturated rings. The fraction of sp³-hybridized carbons (Fsp3) is 0.214. The second-order valence-electron chi connectivity index (χ2n) is 9.24. The summed E-state index contributed by atoms with van der Waals surface area (Å²) in [4.78, 5) is 56.1. The number of rotatable bonds is 2. The van der Waals surface area contributed by atoms with Crippen LogP contribution in [0.3, 0.4) is 0 Å². The van der Waals surface area contributed by atoms with Crippen molar-refractivity contribution in [2.24, 2.45) is 11.8 Å². The lowest BCUT2D eigenvalue weighted by molar-refractivity contribution is -0.127. The summed E-state index contributed by atoms with van der Waals surface area (Å²) >= 11 is 0. The first-order chi connectivity index (χ1) is 16.3. The number of carbonyl (C=O) groups excluding carboxylic acids is 4. The maximum atomic E-state index is 13.8. The van der Waals surface area contributed by atoms with E-state index in [0.29, 0.717) is 11.3 Å². The van der Waals surface area contributed by atoms with E-state index in [1.54, 1.807) is 36.4 Å². The van der Waals surface area contributed by atoms with Gasteiger partial charge < -0.3 is 4.74 Å². The SMILES string of the molecule is Cc1ccc(C2OC3(C(=O)c4ccccc4C3=O)C3C(=O)N(c4ccc(C)cc4)C(=O)C23)cc1. The standard InChI is InChI=1S/C28H21NO5/c1-15-7-11-17(12-8-15)23-21-22(27(33)29(26(21)32)18-13-9-16(2)10-14-18)28(34-23)24(30)19-5-3-4-6-20(19)25(28)31/h3-14,21-23H,1-2H3. The molecule has 2 heterocycles. The predicted molar refractivity (Wildman–Crippen MR) is 123 cm³/mol. The third-order valence-corrected chi connectivity index (χ3v) is 7.22. The lowest BCUT2D eigenvalue weighted by atomic mass is 9.77. The van der Waals surface area contributed by atoms with Crippen LogP contribution < -0.4 is 4.90 Å². The molecule has 6 rings (SSSR count). The Hall–Kier alpha value is -3.90. The maximum Gasteiger partial charge on any atom is 0.241 e. The van der Waals surface area contributed by atoms with Gasteiger partial charge in [0.25, 0.3) is 0 Å². The summed E-state index contributed by atoms with van der Waals surface area (Å²) < 4.78 is 6.29. The molecule has 0 saturated carbocycles. The van der Waals surface area contributed by atoms with E-state index in [0.717, 1.165) is 16.0 Å².